The summed E-state index contributed by atoms with van der Waals surface area (Å²) in [7, 11) is 1.38. The molecule has 14 heavy (non-hydrogen) atoms. The number of aliphatic hydroxyl groups is 1. The predicted octanol–water partition coefficient (Wildman–Crippen LogP) is 0.548. The summed E-state index contributed by atoms with van der Waals surface area (Å²) in [5.41, 5.74) is 0.108. The average Bonchev–Trinajstić information content (AvgIpc) is 2.14. The van der Waals surface area contributed by atoms with Gasteiger partial charge in [0.1, 0.15) is 0 Å². The lowest BCUT2D eigenvalue weighted by Gasteiger charge is -2.24. The maximum Gasteiger partial charge on any atom is 0.319 e. The maximum atomic E-state index is 10.8. The van der Waals surface area contributed by atoms with E-state index in [1.807, 2.05) is 0 Å². The summed E-state index contributed by atoms with van der Waals surface area (Å²) in [4.78, 5) is 10.8. The molecular weight excluding hydrogens is 182 g/mol. The van der Waals surface area contributed by atoms with E-state index in [4.69, 9.17) is 5.11 Å². The van der Waals surface area contributed by atoms with Gasteiger partial charge in [0.25, 0.3) is 0 Å². The van der Waals surface area contributed by atoms with Gasteiger partial charge < -0.3 is 15.2 Å². The van der Waals surface area contributed by atoms with Crippen LogP contribution < -0.4 is 5.32 Å². The van der Waals surface area contributed by atoms with Crippen LogP contribution in [0.4, 0.5) is 0 Å². The van der Waals surface area contributed by atoms with Crippen LogP contribution in [0.1, 0.15) is 26.7 Å². The van der Waals surface area contributed by atoms with Crippen LogP contribution >= 0.6 is 0 Å². The Hall–Kier alpha value is -0.610. The zero-order valence-electron chi connectivity index (χ0n) is 9.30. The van der Waals surface area contributed by atoms with Gasteiger partial charge in [0.15, 0.2) is 0 Å². The van der Waals surface area contributed by atoms with Crippen LogP contribution in [0, 0.1) is 5.41 Å². The average molecular weight is 203 g/mol. The van der Waals surface area contributed by atoms with Crippen molar-refractivity contribution in [2.24, 2.45) is 5.41 Å². The van der Waals surface area contributed by atoms with E-state index < -0.39 is 0 Å². The summed E-state index contributed by atoms with van der Waals surface area (Å²) in [5, 5.41) is 11.7. The Bertz CT molecular complexity index is 169. The second kappa shape index (κ2) is 6.79. The molecule has 0 rings (SSSR count). The molecule has 0 aliphatic heterocycles. The van der Waals surface area contributed by atoms with Crippen LogP contribution in [0.2, 0.25) is 0 Å². The number of ether oxygens (including phenoxy) is 1. The SMILES string of the molecule is COC(=O)CNCC(C)(C)CCCO. The summed E-state index contributed by atoms with van der Waals surface area (Å²) in [5.74, 6) is -0.247. The Balaban J connectivity index is 3.59. The Kier molecular flexibility index (Phi) is 6.49. The molecule has 0 aromatic carbocycles. The summed E-state index contributed by atoms with van der Waals surface area (Å²) >= 11 is 0. The molecule has 84 valence electrons. The zero-order chi connectivity index (χ0) is 11.0. The summed E-state index contributed by atoms with van der Waals surface area (Å²) in [6, 6.07) is 0. The molecule has 0 spiro atoms. The van der Waals surface area contributed by atoms with E-state index in [1.54, 1.807) is 0 Å². The lowest BCUT2D eigenvalue weighted by atomic mass is 9.88. The van der Waals surface area contributed by atoms with Crippen molar-refractivity contribution in [1.82, 2.24) is 5.32 Å². The van der Waals surface area contributed by atoms with Gasteiger partial charge in [0.05, 0.1) is 13.7 Å². The molecule has 0 saturated carbocycles. The normalized spacial score (nSPS) is 11.4. The fourth-order valence-corrected chi connectivity index (χ4v) is 1.22. The Morgan fingerprint density at radius 3 is 2.64 bits per heavy atom. The highest BCUT2D eigenvalue weighted by atomic mass is 16.5. The molecule has 0 fully saturated rings. The number of nitrogens with one attached hydrogen (secondary N) is 1. The predicted molar refractivity (Wildman–Crippen MR) is 55.0 cm³/mol. The van der Waals surface area contributed by atoms with E-state index in [2.05, 4.69) is 23.9 Å². The molecule has 0 heterocycles. The number of hydrogen-bond acceptors (Lipinski definition) is 4. The van der Waals surface area contributed by atoms with E-state index in [1.165, 1.54) is 7.11 Å². The largest absolute Gasteiger partial charge is 0.468 e. The van der Waals surface area contributed by atoms with Gasteiger partial charge >= 0.3 is 5.97 Å². The van der Waals surface area contributed by atoms with Crippen molar-refractivity contribution in [3.63, 3.8) is 0 Å². The van der Waals surface area contributed by atoms with Gasteiger partial charge in [-0.1, -0.05) is 13.8 Å². The Morgan fingerprint density at radius 2 is 2.14 bits per heavy atom. The van der Waals surface area contributed by atoms with Gasteiger partial charge in [0.2, 0.25) is 0 Å². The second-order valence-corrected chi connectivity index (χ2v) is 4.17. The van der Waals surface area contributed by atoms with Crippen molar-refractivity contribution < 1.29 is 14.6 Å². The zero-order valence-corrected chi connectivity index (χ0v) is 9.30. The highest BCUT2D eigenvalue weighted by molar-refractivity contribution is 5.71. The fourth-order valence-electron chi connectivity index (χ4n) is 1.22. The van der Waals surface area contributed by atoms with Crippen LogP contribution in [-0.2, 0) is 9.53 Å². The molecule has 2 N–H and O–H groups in total. The monoisotopic (exact) mass is 203 g/mol. The molecule has 0 bridgehead atoms. The van der Waals surface area contributed by atoms with E-state index in [9.17, 15) is 4.79 Å². The minimum atomic E-state index is -0.247. The fraction of sp³-hybridized carbons (Fsp3) is 0.900. The minimum absolute atomic E-state index is 0.108. The van der Waals surface area contributed by atoms with Crippen molar-refractivity contribution in [1.29, 1.82) is 0 Å². The van der Waals surface area contributed by atoms with Crippen LogP contribution in [0.25, 0.3) is 0 Å². The van der Waals surface area contributed by atoms with Crippen molar-refractivity contribution >= 4 is 5.97 Å². The van der Waals surface area contributed by atoms with E-state index in [0.29, 0.717) is 0 Å². The number of esters is 1. The molecule has 0 aliphatic carbocycles. The Morgan fingerprint density at radius 1 is 1.50 bits per heavy atom. The summed E-state index contributed by atoms with van der Waals surface area (Å²) in [6.07, 6.45) is 1.74. The molecule has 0 aromatic heterocycles. The molecule has 0 saturated heterocycles. The van der Waals surface area contributed by atoms with Crippen molar-refractivity contribution in [2.45, 2.75) is 26.7 Å². The number of carbonyl (C=O) groups excluding carboxylic acids is 1. The van der Waals surface area contributed by atoms with Gasteiger partial charge in [-0.3, -0.25) is 4.79 Å². The van der Waals surface area contributed by atoms with Gasteiger partial charge in [0, 0.05) is 13.2 Å². The number of aliphatic hydroxyl groups excluding tert-OH is 1. The molecule has 0 radical (unpaired) electrons. The quantitative estimate of drug-likeness (QED) is 0.593. The first-order valence-electron chi connectivity index (χ1n) is 4.90. The van der Waals surface area contributed by atoms with Crippen molar-refractivity contribution in [2.75, 3.05) is 26.8 Å². The van der Waals surface area contributed by atoms with Gasteiger partial charge in [-0.05, 0) is 18.3 Å². The summed E-state index contributed by atoms with van der Waals surface area (Å²) < 4.78 is 4.50. The van der Waals surface area contributed by atoms with E-state index >= 15 is 0 Å². The van der Waals surface area contributed by atoms with Gasteiger partial charge in [-0.2, -0.15) is 0 Å². The van der Waals surface area contributed by atoms with Crippen LogP contribution in [0.15, 0.2) is 0 Å². The lowest BCUT2D eigenvalue weighted by Crippen LogP contribution is -2.33. The first-order chi connectivity index (χ1) is 6.52. The third-order valence-corrected chi connectivity index (χ3v) is 2.11. The molecule has 4 heteroatoms. The standard InChI is InChI=1S/C10H21NO3/c1-10(2,5-4-6-12)8-11-7-9(13)14-3/h11-12H,4-8H2,1-3H3. The second-order valence-electron chi connectivity index (χ2n) is 4.17. The van der Waals surface area contributed by atoms with Crippen LogP contribution in [-0.4, -0.2) is 37.9 Å². The van der Waals surface area contributed by atoms with E-state index in [0.717, 1.165) is 19.4 Å². The number of hydrogen-bond donors (Lipinski definition) is 2. The number of methoxy groups -OCH3 is 1. The van der Waals surface area contributed by atoms with Crippen molar-refractivity contribution in [3.05, 3.63) is 0 Å². The van der Waals surface area contributed by atoms with Crippen LogP contribution in [0.5, 0.6) is 0 Å². The molecule has 0 aliphatic rings. The van der Waals surface area contributed by atoms with Crippen LogP contribution in [0.3, 0.4) is 0 Å². The first-order valence-corrected chi connectivity index (χ1v) is 4.90. The highest BCUT2D eigenvalue weighted by Gasteiger charge is 2.16. The van der Waals surface area contributed by atoms with Crippen molar-refractivity contribution in [3.8, 4) is 0 Å². The lowest BCUT2D eigenvalue weighted by molar-refractivity contribution is -0.139. The molecule has 0 amide bonds. The molecule has 0 unspecified atom stereocenters. The number of rotatable bonds is 7. The third kappa shape index (κ3) is 6.86. The van der Waals surface area contributed by atoms with E-state index in [-0.39, 0.29) is 24.5 Å². The van der Waals surface area contributed by atoms with Gasteiger partial charge in [-0.15, -0.1) is 0 Å². The number of carbonyl (C=O) groups is 1. The molecule has 0 aromatic rings. The minimum Gasteiger partial charge on any atom is -0.468 e. The Labute approximate surface area is 85.6 Å². The third-order valence-electron chi connectivity index (χ3n) is 2.11. The van der Waals surface area contributed by atoms with Gasteiger partial charge in [-0.25, -0.2) is 0 Å². The molecule has 4 nitrogen and oxygen atoms in total. The topological polar surface area (TPSA) is 58.6 Å². The first kappa shape index (κ1) is 13.4. The highest BCUT2D eigenvalue weighted by Crippen LogP contribution is 2.20. The molecule has 0 atom stereocenters. The smallest absolute Gasteiger partial charge is 0.319 e. The molecular formula is C10H21NO3. The maximum absolute atomic E-state index is 10.8. The summed E-state index contributed by atoms with van der Waals surface area (Å²) in [6.45, 7) is 5.43.